The monoisotopic (exact) mass is 381 g/mol. The molecule has 0 radical (unpaired) electrons. The molecule has 4 aromatic rings. The fraction of sp³-hybridized carbons (Fsp3) is 0.0588. The Kier molecular flexibility index (Phi) is 4.13. The molecule has 27 heavy (non-hydrogen) atoms. The fourth-order valence-corrected chi connectivity index (χ4v) is 2.93. The van der Waals surface area contributed by atoms with E-state index < -0.39 is 4.92 Å². The maximum Gasteiger partial charge on any atom is 0.356 e. The summed E-state index contributed by atoms with van der Waals surface area (Å²) in [6, 6.07) is 12.3. The van der Waals surface area contributed by atoms with Gasteiger partial charge in [0.05, 0.1) is 10.4 Å². The Morgan fingerprint density at radius 2 is 2.00 bits per heavy atom. The van der Waals surface area contributed by atoms with Crippen LogP contribution in [0.2, 0.25) is 5.02 Å². The smallest absolute Gasteiger partial charge is 0.334 e. The number of hydrogen-bond acceptors (Lipinski definition) is 7. The highest BCUT2D eigenvalue weighted by molar-refractivity contribution is 6.30. The lowest BCUT2D eigenvalue weighted by atomic mass is 10.2. The molecule has 0 aliphatic rings. The highest BCUT2D eigenvalue weighted by Crippen LogP contribution is 2.32. The second-order valence-electron chi connectivity index (χ2n) is 5.73. The number of fused-ring (bicyclic) bond motifs is 1. The van der Waals surface area contributed by atoms with Gasteiger partial charge in [0.1, 0.15) is 11.8 Å². The van der Waals surface area contributed by atoms with Gasteiger partial charge in [0.15, 0.2) is 0 Å². The first kappa shape index (κ1) is 16.9. The summed E-state index contributed by atoms with van der Waals surface area (Å²) in [6.45, 7) is 1.84. The van der Waals surface area contributed by atoms with Crippen molar-refractivity contribution in [1.82, 2.24) is 25.0 Å². The molecule has 2 aromatic carbocycles. The zero-order chi connectivity index (χ0) is 19.0. The van der Waals surface area contributed by atoms with Crippen molar-refractivity contribution >= 4 is 39.8 Å². The summed E-state index contributed by atoms with van der Waals surface area (Å²) in [5, 5.41) is 23.4. The van der Waals surface area contributed by atoms with Gasteiger partial charge in [-0.3, -0.25) is 10.1 Å². The van der Waals surface area contributed by atoms with E-state index in [-0.39, 0.29) is 17.3 Å². The van der Waals surface area contributed by atoms with Gasteiger partial charge in [0, 0.05) is 10.7 Å². The van der Waals surface area contributed by atoms with Crippen LogP contribution in [0.15, 0.2) is 48.8 Å². The number of nitro groups is 1. The van der Waals surface area contributed by atoms with Gasteiger partial charge in [0.25, 0.3) is 0 Å². The first-order valence-electron chi connectivity index (χ1n) is 7.88. The Morgan fingerprint density at radius 1 is 1.19 bits per heavy atom. The van der Waals surface area contributed by atoms with Gasteiger partial charge >= 0.3 is 5.69 Å². The van der Waals surface area contributed by atoms with E-state index in [4.69, 9.17) is 11.6 Å². The molecule has 0 spiro atoms. The average molecular weight is 382 g/mol. The van der Waals surface area contributed by atoms with Gasteiger partial charge in [-0.2, -0.15) is 4.68 Å². The molecular weight excluding hydrogens is 370 g/mol. The van der Waals surface area contributed by atoms with Crippen LogP contribution in [0.1, 0.15) is 5.56 Å². The zero-order valence-corrected chi connectivity index (χ0v) is 14.8. The summed E-state index contributed by atoms with van der Waals surface area (Å²) in [7, 11) is 0. The minimum absolute atomic E-state index is 0.0258. The molecule has 0 fully saturated rings. The molecule has 0 unspecified atom stereocenters. The van der Waals surface area contributed by atoms with Gasteiger partial charge < -0.3 is 5.32 Å². The third kappa shape index (κ3) is 3.04. The summed E-state index contributed by atoms with van der Waals surface area (Å²) in [5.74, 6) is 0.0767. The van der Waals surface area contributed by atoms with Crippen molar-refractivity contribution in [3.63, 3.8) is 0 Å². The summed E-state index contributed by atoms with van der Waals surface area (Å²) in [5.41, 5.74) is 2.38. The number of aryl methyl sites for hydroxylation is 1. The first-order valence-corrected chi connectivity index (χ1v) is 8.26. The molecule has 0 saturated heterocycles. The van der Waals surface area contributed by atoms with Gasteiger partial charge in [-0.15, -0.1) is 5.10 Å². The molecule has 2 aromatic heterocycles. The van der Waals surface area contributed by atoms with Crippen molar-refractivity contribution < 1.29 is 4.92 Å². The molecule has 0 atom stereocenters. The summed E-state index contributed by atoms with van der Waals surface area (Å²) in [4.78, 5) is 19.4. The van der Waals surface area contributed by atoms with E-state index in [1.54, 1.807) is 36.4 Å². The lowest BCUT2D eigenvalue weighted by molar-refractivity contribution is -0.384. The Hall–Kier alpha value is -3.59. The molecule has 134 valence electrons. The largest absolute Gasteiger partial charge is 0.356 e. The second kappa shape index (κ2) is 6.61. The van der Waals surface area contributed by atoms with Gasteiger partial charge in [-0.25, -0.2) is 9.97 Å². The summed E-state index contributed by atoms with van der Waals surface area (Å²) in [6.07, 6.45) is 1.24. The van der Waals surface area contributed by atoms with Crippen molar-refractivity contribution in [2.75, 3.05) is 5.32 Å². The summed E-state index contributed by atoms with van der Waals surface area (Å²) < 4.78 is 1.33. The molecule has 4 rings (SSSR count). The van der Waals surface area contributed by atoms with E-state index >= 15 is 0 Å². The first-order chi connectivity index (χ1) is 13.0. The SMILES string of the molecule is Cc1cc(Cl)ccc1Nc1ncnc(-n2nnc3ccccc32)c1[N+](=O)[O-]. The Morgan fingerprint density at radius 3 is 2.78 bits per heavy atom. The van der Waals surface area contributed by atoms with Crippen LogP contribution >= 0.6 is 11.6 Å². The van der Waals surface area contributed by atoms with E-state index in [9.17, 15) is 10.1 Å². The molecule has 2 heterocycles. The fourth-order valence-electron chi connectivity index (χ4n) is 2.70. The average Bonchev–Trinajstić information content (AvgIpc) is 3.07. The molecule has 0 bridgehead atoms. The number of anilines is 2. The maximum atomic E-state index is 11.8. The van der Waals surface area contributed by atoms with Crippen LogP contribution in [0.5, 0.6) is 0 Å². The van der Waals surface area contributed by atoms with E-state index in [0.717, 1.165) is 5.56 Å². The lowest BCUT2D eigenvalue weighted by Gasteiger charge is -2.11. The van der Waals surface area contributed by atoms with Crippen molar-refractivity contribution in [1.29, 1.82) is 0 Å². The van der Waals surface area contributed by atoms with Crippen LogP contribution in [0.25, 0.3) is 16.9 Å². The standard InChI is InChI=1S/C17H12ClN7O2/c1-10-8-11(18)6-7-12(10)21-16-15(25(26)27)17(20-9-19-16)24-14-5-3-2-4-13(14)22-23-24/h2-9H,1H3,(H,19,20,21). The van der Waals surface area contributed by atoms with E-state index in [2.05, 4.69) is 25.6 Å². The molecule has 0 amide bonds. The second-order valence-corrected chi connectivity index (χ2v) is 6.16. The number of rotatable bonds is 4. The van der Waals surface area contributed by atoms with Crippen molar-refractivity contribution in [3.8, 4) is 5.82 Å². The van der Waals surface area contributed by atoms with Crippen LogP contribution in [0.4, 0.5) is 17.2 Å². The van der Waals surface area contributed by atoms with Crippen molar-refractivity contribution in [2.24, 2.45) is 0 Å². The zero-order valence-electron chi connectivity index (χ0n) is 14.0. The van der Waals surface area contributed by atoms with Gasteiger partial charge in [-0.05, 0) is 42.8 Å². The lowest BCUT2D eigenvalue weighted by Crippen LogP contribution is -2.09. The van der Waals surface area contributed by atoms with E-state index in [1.165, 1.54) is 11.0 Å². The molecule has 1 N–H and O–H groups in total. The predicted molar refractivity (Wildman–Crippen MR) is 101 cm³/mol. The highest BCUT2D eigenvalue weighted by atomic mass is 35.5. The molecule has 0 aliphatic carbocycles. The number of nitrogens with zero attached hydrogens (tertiary/aromatic N) is 6. The Labute approximate surface area is 157 Å². The number of halogens is 1. The third-order valence-electron chi connectivity index (χ3n) is 3.98. The van der Waals surface area contributed by atoms with E-state index in [0.29, 0.717) is 21.7 Å². The Balaban J connectivity index is 1.87. The normalized spacial score (nSPS) is 10.9. The van der Waals surface area contributed by atoms with E-state index in [1.807, 2.05) is 13.0 Å². The van der Waals surface area contributed by atoms with Crippen LogP contribution < -0.4 is 5.32 Å². The van der Waals surface area contributed by atoms with Gasteiger partial charge in [-0.1, -0.05) is 28.9 Å². The molecule has 10 heteroatoms. The molecule has 9 nitrogen and oxygen atoms in total. The molecule has 0 aliphatic heterocycles. The molecule has 0 saturated carbocycles. The topological polar surface area (TPSA) is 112 Å². The third-order valence-corrected chi connectivity index (χ3v) is 4.21. The van der Waals surface area contributed by atoms with Crippen LogP contribution in [0.3, 0.4) is 0 Å². The minimum atomic E-state index is -0.542. The molecular formula is C17H12ClN7O2. The quantitative estimate of drug-likeness (QED) is 0.422. The van der Waals surface area contributed by atoms with Crippen LogP contribution in [-0.4, -0.2) is 29.9 Å². The predicted octanol–water partition coefficient (Wildman–Crippen LogP) is 3.82. The maximum absolute atomic E-state index is 11.8. The number of para-hydroxylation sites is 1. The van der Waals surface area contributed by atoms with Crippen molar-refractivity contribution in [3.05, 3.63) is 69.5 Å². The highest BCUT2D eigenvalue weighted by Gasteiger charge is 2.26. The van der Waals surface area contributed by atoms with Crippen molar-refractivity contribution in [2.45, 2.75) is 6.92 Å². The van der Waals surface area contributed by atoms with Gasteiger partial charge in [0.2, 0.25) is 11.6 Å². The summed E-state index contributed by atoms with van der Waals surface area (Å²) >= 11 is 5.97. The minimum Gasteiger partial charge on any atom is -0.334 e. The number of nitrogens with one attached hydrogen (secondary N) is 1. The van der Waals surface area contributed by atoms with Crippen LogP contribution in [0, 0.1) is 17.0 Å². The number of hydrogen-bond donors (Lipinski definition) is 1. The van der Waals surface area contributed by atoms with Crippen LogP contribution in [-0.2, 0) is 0 Å². The Bertz CT molecular complexity index is 1180. The number of aromatic nitrogens is 5. The number of benzene rings is 2.